The topological polar surface area (TPSA) is 113 Å². The Morgan fingerprint density at radius 3 is 0.941 bits per heavy atom. The molecule has 0 amide bonds. The second-order valence-corrected chi connectivity index (χ2v) is 2.98. The van der Waals surface area contributed by atoms with E-state index in [1.807, 2.05) is 0 Å². The smallest absolute Gasteiger partial charge is 0.314 e. The largest absolute Gasteiger partial charge is 0.557 e. The molecule has 0 bridgehead atoms. The van der Waals surface area contributed by atoms with E-state index in [0.29, 0.717) is 0 Å². The standard InChI is InChI=1S/2C2H5O.CH5O2P.CH4.H3O3P.2Rf/c2*1-3-2;1-4(2)3;;1-4(2)3;;/h2*1H2,2H3;4H,1H3,(H,2,3);1H4;4H,(H2,1,2,3);;/q2*-1;;;;;. The van der Waals surface area contributed by atoms with E-state index >= 15 is 0 Å². The van der Waals surface area contributed by atoms with Crippen molar-refractivity contribution < 1.29 is 33.3 Å². The van der Waals surface area contributed by atoms with Crippen LogP contribution in [0.5, 0.6) is 0 Å². The Kier molecular flexibility index (Phi) is 171. The fourth-order valence-electron chi connectivity index (χ4n) is 0. The molecule has 11 heteroatoms. The summed E-state index contributed by atoms with van der Waals surface area (Å²) in [5.74, 6) is 0. The van der Waals surface area contributed by atoms with Crippen LogP contribution in [0.4, 0.5) is 0 Å². The van der Waals surface area contributed by atoms with Crippen LogP contribution in [0, 0.1) is 14.2 Å². The summed E-state index contributed by atoms with van der Waals surface area (Å²) in [6.07, 6.45) is 0. The Labute approximate surface area is 92.9 Å². The molecule has 17 heavy (non-hydrogen) atoms. The number of ether oxygens (including phenoxy) is 2. The molecule has 1 unspecified atom stereocenters. The second-order valence-electron chi connectivity index (χ2n) is 1.38. The third-order valence-corrected chi connectivity index (χ3v) is 0. The predicted molar refractivity (Wildman–Crippen MR) is 62.0 cm³/mol. The van der Waals surface area contributed by atoms with E-state index in [9.17, 15) is 4.57 Å². The third kappa shape index (κ3) is 708. The van der Waals surface area contributed by atoms with Crippen molar-refractivity contribution in [2.75, 3.05) is 20.9 Å². The van der Waals surface area contributed by atoms with Gasteiger partial charge in [-0.1, -0.05) is 7.43 Å². The number of methoxy groups -OCH3 is 2. The van der Waals surface area contributed by atoms with Gasteiger partial charge in [0.15, 0.2) is 8.03 Å². The quantitative estimate of drug-likeness (QED) is 0.247. The van der Waals surface area contributed by atoms with Crippen LogP contribution in [0.25, 0.3) is 0 Å². The minimum absolute atomic E-state index is 0. The first kappa shape index (κ1) is 45.5. The number of hydrogen-bond donors (Lipinski definition) is 3. The fraction of sp³-hybridized carbons (Fsp3) is 0.667. The van der Waals surface area contributed by atoms with Gasteiger partial charge >= 0.3 is 8.25 Å². The van der Waals surface area contributed by atoms with Gasteiger partial charge in [0.1, 0.15) is 0 Å². The summed E-state index contributed by atoms with van der Waals surface area (Å²) in [5.41, 5.74) is 0. The molecule has 0 aliphatic carbocycles. The van der Waals surface area contributed by atoms with Crippen molar-refractivity contribution in [3.05, 3.63) is 14.2 Å². The Bertz CT molecular complexity index is 107. The van der Waals surface area contributed by atoms with Crippen molar-refractivity contribution in [3.8, 4) is 0 Å². The Balaban J connectivity index is -0.0000000149. The van der Waals surface area contributed by atoms with Crippen LogP contribution in [0.1, 0.15) is 7.43 Å². The molecule has 7 nitrogen and oxygen atoms in total. The molecular formula is C6H22O7P2Rf2-2. The average molecular weight is 802 g/mol. The van der Waals surface area contributed by atoms with E-state index in [4.69, 9.17) is 19.2 Å². The van der Waals surface area contributed by atoms with Crippen molar-refractivity contribution in [1.29, 1.82) is 0 Å². The molecule has 0 radical (unpaired) electrons. The SMILES string of the molecule is C.C[PH](=O)O.O=[PH](O)O.[CH2-]OC.[CH2-]OC.[Rf].[Rf]. The van der Waals surface area contributed by atoms with Crippen LogP contribution in [0.3, 0.4) is 0 Å². The molecule has 0 saturated heterocycles. The minimum Gasteiger partial charge on any atom is -0.557 e. The molecule has 0 aromatic heterocycles. The van der Waals surface area contributed by atoms with Gasteiger partial charge in [0.2, 0.25) is 0 Å². The van der Waals surface area contributed by atoms with Gasteiger partial charge in [-0.05, 0) is 14.2 Å². The van der Waals surface area contributed by atoms with Crippen molar-refractivity contribution in [1.82, 2.24) is 0 Å². The molecule has 3 N–H and O–H groups in total. The third-order valence-electron chi connectivity index (χ3n) is 0. The molecule has 1 atom stereocenters. The zero-order valence-corrected chi connectivity index (χ0v) is 24.6. The van der Waals surface area contributed by atoms with Crippen LogP contribution in [0.2, 0.25) is 0 Å². The monoisotopic (exact) mass is 802 g/mol. The van der Waals surface area contributed by atoms with Crippen LogP contribution in [-0.2, 0) is 18.6 Å². The Morgan fingerprint density at radius 2 is 0.941 bits per heavy atom. The summed E-state index contributed by atoms with van der Waals surface area (Å²) >= 11 is 0. The molecule has 0 aliphatic heterocycles. The maximum absolute atomic E-state index is 9.19. The van der Waals surface area contributed by atoms with E-state index in [0.717, 1.165) is 0 Å². The Morgan fingerprint density at radius 1 is 0.941 bits per heavy atom. The Hall–Kier alpha value is -1.74. The molecule has 0 fully saturated rings. The van der Waals surface area contributed by atoms with Crippen LogP contribution < -0.4 is 0 Å². The van der Waals surface area contributed by atoms with Gasteiger partial charge in [-0.2, -0.15) is 0 Å². The summed E-state index contributed by atoms with van der Waals surface area (Å²) in [4.78, 5) is 21.9. The van der Waals surface area contributed by atoms with E-state index in [1.165, 1.54) is 20.9 Å². The van der Waals surface area contributed by atoms with E-state index < -0.39 is 16.3 Å². The minimum atomic E-state index is -3.13. The maximum atomic E-state index is 9.19. The normalized spacial score (nSPS) is 7.82. The van der Waals surface area contributed by atoms with E-state index in [2.05, 4.69) is 23.7 Å². The van der Waals surface area contributed by atoms with Gasteiger partial charge < -0.3 is 24.2 Å². The van der Waals surface area contributed by atoms with Gasteiger partial charge in [-0.3, -0.25) is 9.13 Å². The van der Waals surface area contributed by atoms with E-state index in [1.54, 1.807) is 0 Å². The summed E-state index contributed by atoms with van der Waals surface area (Å²) in [5, 5.41) is 0. The maximum Gasteiger partial charge on any atom is 0.314 e. The first-order valence-electron chi connectivity index (χ1n) is 2.97. The molecule has 0 rings (SSSR count). The van der Waals surface area contributed by atoms with E-state index in [-0.39, 0.29) is 7.43 Å². The molecular weight excluding hydrogens is 780 g/mol. The number of rotatable bonds is 0. The molecule has 0 spiro atoms. The first-order valence-corrected chi connectivity index (χ1v) is 6.13. The zero-order chi connectivity index (χ0) is 12.6. The first-order chi connectivity index (χ1) is 6.29. The zero-order valence-electron chi connectivity index (χ0n) is 9.80. The van der Waals surface area contributed by atoms with Crippen LogP contribution >= 0.6 is 16.3 Å². The summed E-state index contributed by atoms with van der Waals surface area (Å²) < 4.78 is 25.9. The summed E-state index contributed by atoms with van der Waals surface area (Å²) in [6, 6.07) is 0. The van der Waals surface area contributed by atoms with Crippen LogP contribution in [-0.4, -0.2) is 35.6 Å². The molecule has 0 aliphatic rings. The predicted octanol–water partition coefficient (Wildman–Crippen LogP) is 0.929. The summed E-state index contributed by atoms with van der Waals surface area (Å²) in [6.45, 7) is 1.27. The molecule has 104 valence electrons. The molecule has 0 aromatic carbocycles. The van der Waals surface area contributed by atoms with Gasteiger partial charge in [-0.15, -0.1) is 0 Å². The fourth-order valence-corrected chi connectivity index (χ4v) is 0. The van der Waals surface area contributed by atoms with Crippen LogP contribution in [0.15, 0.2) is 0 Å². The molecule has 0 heterocycles. The summed E-state index contributed by atoms with van der Waals surface area (Å²) in [7, 11) is 3.74. The van der Waals surface area contributed by atoms with Gasteiger partial charge in [-0.25, -0.2) is 14.2 Å². The van der Waals surface area contributed by atoms with Gasteiger partial charge in [0, 0.05) is 6.66 Å². The number of hydrogen-bond acceptors (Lipinski definition) is 4. The average Bonchev–Trinajstić information content (AvgIpc) is 1.85. The van der Waals surface area contributed by atoms with Crippen molar-refractivity contribution in [3.63, 3.8) is 0 Å². The molecule has 0 saturated carbocycles. The van der Waals surface area contributed by atoms with Gasteiger partial charge in [0.05, 0.1) is 0 Å². The van der Waals surface area contributed by atoms with Crippen molar-refractivity contribution in [2.45, 2.75) is 7.43 Å². The van der Waals surface area contributed by atoms with Gasteiger partial charge in [0.25, 0.3) is 0 Å². The van der Waals surface area contributed by atoms with Crippen molar-refractivity contribution >= 4 is 16.3 Å². The molecule has 0 aromatic rings. The second kappa shape index (κ2) is 64.0. The van der Waals surface area contributed by atoms with Crippen molar-refractivity contribution in [2.24, 2.45) is 0 Å².